The Morgan fingerprint density at radius 1 is 1.53 bits per heavy atom. The molecule has 1 amide bonds. The van der Waals surface area contributed by atoms with E-state index in [1.807, 2.05) is 24.0 Å². The molecule has 1 fully saturated rings. The number of hydrogen-bond acceptors (Lipinski definition) is 2. The fourth-order valence-corrected chi connectivity index (χ4v) is 2.04. The summed E-state index contributed by atoms with van der Waals surface area (Å²) in [6, 6.07) is 0. The monoisotopic (exact) mass is 207 g/mol. The molecular weight excluding hydrogens is 190 g/mol. The molecule has 0 saturated carbocycles. The molecule has 1 heterocycles. The maximum absolute atomic E-state index is 11.8. The van der Waals surface area contributed by atoms with Crippen molar-refractivity contribution in [1.82, 2.24) is 4.90 Å². The molecule has 0 bridgehead atoms. The predicted octanol–water partition coefficient (Wildman–Crippen LogP) is 1.71. The van der Waals surface area contributed by atoms with Gasteiger partial charge < -0.3 is 9.64 Å². The standard InChI is InChI=1S/C12H17NO2/c1-9-7-8-13(12(9)14)10-3-5-11(15-2)6-4-10/h3-5,9,11H,6-8H2,1-2H3. The first kappa shape index (κ1) is 10.4. The number of hydrogen-bond donors (Lipinski definition) is 0. The molecule has 0 aromatic rings. The van der Waals surface area contributed by atoms with Gasteiger partial charge in [-0.25, -0.2) is 0 Å². The SMILES string of the molecule is COC1C=CC(N2CCC(C)C2=O)=CC1. The highest BCUT2D eigenvalue weighted by atomic mass is 16.5. The quantitative estimate of drug-likeness (QED) is 0.690. The Kier molecular flexibility index (Phi) is 2.91. The first-order chi connectivity index (χ1) is 7.22. The summed E-state index contributed by atoms with van der Waals surface area (Å²) in [5.74, 6) is 0.432. The van der Waals surface area contributed by atoms with Gasteiger partial charge >= 0.3 is 0 Å². The first-order valence-corrected chi connectivity index (χ1v) is 5.45. The summed E-state index contributed by atoms with van der Waals surface area (Å²) in [6.07, 6.45) is 8.10. The molecule has 1 aliphatic carbocycles. The molecular formula is C12H17NO2. The van der Waals surface area contributed by atoms with Crippen LogP contribution in [0, 0.1) is 5.92 Å². The van der Waals surface area contributed by atoms with E-state index in [1.54, 1.807) is 7.11 Å². The highest BCUT2D eigenvalue weighted by Crippen LogP contribution is 2.25. The summed E-state index contributed by atoms with van der Waals surface area (Å²) in [4.78, 5) is 13.7. The van der Waals surface area contributed by atoms with E-state index >= 15 is 0 Å². The maximum Gasteiger partial charge on any atom is 0.229 e. The summed E-state index contributed by atoms with van der Waals surface area (Å²) in [7, 11) is 1.71. The smallest absolute Gasteiger partial charge is 0.229 e. The zero-order valence-electron chi connectivity index (χ0n) is 9.27. The van der Waals surface area contributed by atoms with Gasteiger partial charge in [-0.1, -0.05) is 19.1 Å². The summed E-state index contributed by atoms with van der Waals surface area (Å²) in [5, 5.41) is 0. The largest absolute Gasteiger partial charge is 0.377 e. The third kappa shape index (κ3) is 1.97. The van der Waals surface area contributed by atoms with Gasteiger partial charge in [-0.3, -0.25) is 4.79 Å². The van der Waals surface area contributed by atoms with Gasteiger partial charge in [0.05, 0.1) is 6.10 Å². The third-order valence-corrected chi connectivity index (χ3v) is 3.13. The summed E-state index contributed by atoms with van der Waals surface area (Å²) in [5.41, 5.74) is 1.04. The average molecular weight is 207 g/mol. The number of allylic oxidation sites excluding steroid dienone is 1. The van der Waals surface area contributed by atoms with E-state index < -0.39 is 0 Å². The van der Waals surface area contributed by atoms with Crippen molar-refractivity contribution >= 4 is 5.91 Å². The van der Waals surface area contributed by atoms with Crippen LogP contribution in [0.5, 0.6) is 0 Å². The molecule has 3 heteroatoms. The Labute approximate surface area is 90.4 Å². The highest BCUT2D eigenvalue weighted by molar-refractivity contribution is 5.82. The molecule has 0 spiro atoms. The van der Waals surface area contributed by atoms with Crippen molar-refractivity contribution < 1.29 is 9.53 Å². The predicted molar refractivity (Wildman–Crippen MR) is 58.1 cm³/mol. The fraction of sp³-hybridized carbons (Fsp3) is 0.583. The van der Waals surface area contributed by atoms with Crippen molar-refractivity contribution in [1.29, 1.82) is 0 Å². The zero-order valence-corrected chi connectivity index (χ0v) is 9.27. The second-order valence-corrected chi connectivity index (χ2v) is 4.18. The first-order valence-electron chi connectivity index (χ1n) is 5.45. The van der Waals surface area contributed by atoms with Gasteiger partial charge in [0.1, 0.15) is 0 Å². The van der Waals surface area contributed by atoms with Crippen LogP contribution in [0.15, 0.2) is 23.9 Å². The number of rotatable bonds is 2. The normalized spacial score (nSPS) is 30.9. The van der Waals surface area contributed by atoms with Crippen LogP contribution in [0.3, 0.4) is 0 Å². The molecule has 0 aromatic heterocycles. The van der Waals surface area contributed by atoms with Gasteiger partial charge in [0.25, 0.3) is 0 Å². The van der Waals surface area contributed by atoms with Crippen LogP contribution in [0.25, 0.3) is 0 Å². The van der Waals surface area contributed by atoms with Crippen LogP contribution in [-0.2, 0) is 9.53 Å². The maximum atomic E-state index is 11.8. The number of amides is 1. The second-order valence-electron chi connectivity index (χ2n) is 4.18. The molecule has 1 aliphatic heterocycles. The van der Waals surface area contributed by atoms with Gasteiger partial charge in [-0.05, 0) is 18.9 Å². The van der Waals surface area contributed by atoms with Crippen LogP contribution in [-0.4, -0.2) is 30.6 Å². The number of carbonyl (C=O) groups excluding carboxylic acids is 1. The van der Waals surface area contributed by atoms with Crippen molar-refractivity contribution in [3.8, 4) is 0 Å². The van der Waals surface area contributed by atoms with Crippen LogP contribution < -0.4 is 0 Å². The van der Waals surface area contributed by atoms with Crippen molar-refractivity contribution in [3.05, 3.63) is 23.9 Å². The van der Waals surface area contributed by atoms with Crippen LogP contribution in [0.1, 0.15) is 19.8 Å². The van der Waals surface area contributed by atoms with Crippen molar-refractivity contribution in [2.75, 3.05) is 13.7 Å². The summed E-state index contributed by atoms with van der Waals surface area (Å²) >= 11 is 0. The van der Waals surface area contributed by atoms with E-state index in [0.29, 0.717) is 0 Å². The molecule has 1 saturated heterocycles. The topological polar surface area (TPSA) is 29.5 Å². The van der Waals surface area contributed by atoms with E-state index in [0.717, 1.165) is 25.1 Å². The Morgan fingerprint density at radius 3 is 2.80 bits per heavy atom. The van der Waals surface area contributed by atoms with Crippen LogP contribution in [0.4, 0.5) is 0 Å². The minimum absolute atomic E-state index is 0.170. The van der Waals surface area contributed by atoms with E-state index in [2.05, 4.69) is 6.08 Å². The van der Waals surface area contributed by atoms with Crippen molar-refractivity contribution in [3.63, 3.8) is 0 Å². The molecule has 15 heavy (non-hydrogen) atoms. The van der Waals surface area contributed by atoms with Crippen LogP contribution >= 0.6 is 0 Å². The number of carbonyl (C=O) groups is 1. The number of nitrogens with zero attached hydrogens (tertiary/aromatic N) is 1. The Morgan fingerprint density at radius 2 is 2.33 bits per heavy atom. The van der Waals surface area contributed by atoms with Gasteiger partial charge in [0, 0.05) is 25.3 Å². The Balaban J connectivity index is 2.05. The van der Waals surface area contributed by atoms with Crippen molar-refractivity contribution in [2.45, 2.75) is 25.9 Å². The lowest BCUT2D eigenvalue weighted by Crippen LogP contribution is -2.26. The molecule has 0 aromatic carbocycles. The van der Waals surface area contributed by atoms with Gasteiger partial charge in [-0.15, -0.1) is 0 Å². The minimum atomic E-state index is 0.170. The van der Waals surface area contributed by atoms with E-state index in [1.165, 1.54) is 0 Å². The highest BCUT2D eigenvalue weighted by Gasteiger charge is 2.29. The molecule has 0 radical (unpaired) electrons. The lowest BCUT2D eigenvalue weighted by atomic mass is 10.1. The van der Waals surface area contributed by atoms with Gasteiger partial charge in [0.15, 0.2) is 0 Å². The van der Waals surface area contributed by atoms with Crippen LogP contribution in [0.2, 0.25) is 0 Å². The number of ether oxygens (including phenoxy) is 1. The Hall–Kier alpha value is -1.09. The average Bonchev–Trinajstić information content (AvgIpc) is 2.60. The van der Waals surface area contributed by atoms with E-state index in [-0.39, 0.29) is 17.9 Å². The summed E-state index contributed by atoms with van der Waals surface area (Å²) in [6.45, 7) is 2.85. The molecule has 2 atom stereocenters. The molecule has 2 aliphatic rings. The lowest BCUT2D eigenvalue weighted by molar-refractivity contribution is -0.128. The van der Waals surface area contributed by atoms with E-state index in [9.17, 15) is 4.79 Å². The van der Waals surface area contributed by atoms with E-state index in [4.69, 9.17) is 4.74 Å². The van der Waals surface area contributed by atoms with Gasteiger partial charge in [-0.2, -0.15) is 0 Å². The lowest BCUT2D eigenvalue weighted by Gasteiger charge is -2.22. The molecule has 3 nitrogen and oxygen atoms in total. The molecule has 0 N–H and O–H groups in total. The molecule has 2 unspecified atom stereocenters. The second kappa shape index (κ2) is 4.19. The molecule has 2 rings (SSSR count). The number of likely N-dealkylation sites (tertiary alicyclic amines) is 1. The minimum Gasteiger partial charge on any atom is -0.377 e. The zero-order chi connectivity index (χ0) is 10.8. The van der Waals surface area contributed by atoms with Gasteiger partial charge in [0.2, 0.25) is 5.91 Å². The molecule has 82 valence electrons. The Bertz CT molecular complexity index is 320. The van der Waals surface area contributed by atoms with Crippen molar-refractivity contribution in [2.24, 2.45) is 5.92 Å². The number of methoxy groups -OCH3 is 1. The fourth-order valence-electron chi connectivity index (χ4n) is 2.04. The third-order valence-electron chi connectivity index (χ3n) is 3.13. The summed E-state index contributed by atoms with van der Waals surface area (Å²) < 4.78 is 5.22.